The van der Waals surface area contributed by atoms with Crippen LogP contribution in [0, 0.1) is 11.8 Å². The fourth-order valence-corrected chi connectivity index (χ4v) is 2.45. The molecule has 0 amide bonds. The van der Waals surface area contributed by atoms with E-state index in [1.54, 1.807) is 0 Å². The summed E-state index contributed by atoms with van der Waals surface area (Å²) in [7, 11) is 0. The largest absolute Gasteiger partial charge is 0.389 e. The topological polar surface area (TPSA) is 32.3 Å². The van der Waals surface area contributed by atoms with Crippen LogP contribution >= 0.6 is 0 Å². The van der Waals surface area contributed by atoms with Gasteiger partial charge in [-0.25, -0.2) is 0 Å². The van der Waals surface area contributed by atoms with E-state index in [2.05, 4.69) is 39.9 Å². The van der Waals surface area contributed by atoms with Crippen LogP contribution in [-0.2, 0) is 0 Å². The Labute approximate surface area is 101 Å². The molecule has 2 N–H and O–H groups in total. The number of nitrogens with one attached hydrogen (secondary N) is 1. The molecule has 0 radical (unpaired) electrons. The van der Waals surface area contributed by atoms with Crippen LogP contribution in [-0.4, -0.2) is 22.8 Å². The first-order valence-corrected chi connectivity index (χ1v) is 6.69. The van der Waals surface area contributed by atoms with E-state index in [4.69, 9.17) is 0 Å². The molecule has 2 heteroatoms. The normalized spacial score (nSPS) is 32.1. The first kappa shape index (κ1) is 14.0. The van der Waals surface area contributed by atoms with E-state index in [0.717, 1.165) is 31.2 Å². The highest BCUT2D eigenvalue weighted by Crippen LogP contribution is 2.35. The second kappa shape index (κ2) is 5.05. The zero-order valence-electron chi connectivity index (χ0n) is 11.6. The van der Waals surface area contributed by atoms with Crippen molar-refractivity contribution in [3.05, 3.63) is 0 Å². The Hall–Kier alpha value is -0.0800. The molecule has 2 nitrogen and oxygen atoms in total. The van der Waals surface area contributed by atoms with Crippen molar-refractivity contribution < 1.29 is 5.11 Å². The molecule has 16 heavy (non-hydrogen) atoms. The Kier molecular flexibility index (Phi) is 4.42. The molecule has 0 unspecified atom stereocenters. The highest BCUT2D eigenvalue weighted by atomic mass is 16.3. The van der Waals surface area contributed by atoms with Crippen LogP contribution in [0.3, 0.4) is 0 Å². The van der Waals surface area contributed by atoms with Crippen molar-refractivity contribution in [2.75, 3.05) is 6.54 Å². The minimum Gasteiger partial charge on any atom is -0.389 e. The second-order valence-corrected chi connectivity index (χ2v) is 6.91. The zero-order valence-corrected chi connectivity index (χ0v) is 11.6. The summed E-state index contributed by atoms with van der Waals surface area (Å²) in [5.74, 6) is 1.58. The van der Waals surface area contributed by atoms with Gasteiger partial charge in [0.2, 0.25) is 0 Å². The number of β-amino-alcohol motifs (C(OH)–C–C–N with tert-alkyl or cyclic N) is 1. The summed E-state index contributed by atoms with van der Waals surface area (Å²) in [4.78, 5) is 0. The van der Waals surface area contributed by atoms with Crippen molar-refractivity contribution >= 4 is 0 Å². The Balaban J connectivity index is 2.38. The third-order valence-electron chi connectivity index (χ3n) is 3.85. The van der Waals surface area contributed by atoms with Gasteiger partial charge in [0.1, 0.15) is 0 Å². The lowest BCUT2D eigenvalue weighted by Gasteiger charge is -2.39. The van der Waals surface area contributed by atoms with Crippen molar-refractivity contribution in [3.63, 3.8) is 0 Å². The molecule has 0 atom stereocenters. The monoisotopic (exact) mass is 227 g/mol. The highest BCUT2D eigenvalue weighted by molar-refractivity contribution is 4.89. The van der Waals surface area contributed by atoms with Gasteiger partial charge in [0.05, 0.1) is 5.60 Å². The Bertz CT molecular complexity index is 209. The first-order chi connectivity index (χ1) is 7.22. The summed E-state index contributed by atoms with van der Waals surface area (Å²) in [6.07, 6.45) is 4.28. The third kappa shape index (κ3) is 4.42. The molecule has 1 fully saturated rings. The van der Waals surface area contributed by atoms with Gasteiger partial charge in [-0.05, 0) is 58.3 Å². The lowest BCUT2D eigenvalue weighted by molar-refractivity contribution is -0.0180. The van der Waals surface area contributed by atoms with Crippen LogP contribution in [0.4, 0.5) is 0 Å². The summed E-state index contributed by atoms with van der Waals surface area (Å²) in [6, 6.07) is 0. The Morgan fingerprint density at radius 2 is 1.75 bits per heavy atom. The summed E-state index contributed by atoms with van der Waals surface area (Å²) in [5.41, 5.74) is -0.358. The molecule has 1 aliphatic rings. The first-order valence-electron chi connectivity index (χ1n) is 6.69. The molecule has 0 aliphatic heterocycles. The standard InChI is InChI=1S/C14H29NO/c1-11(2)12-6-8-14(16,9-7-12)10-15-13(3,4)5/h11-12,15-16H,6-10H2,1-5H3. The van der Waals surface area contributed by atoms with Crippen molar-refractivity contribution in [1.29, 1.82) is 0 Å². The molecular formula is C14H29NO. The minimum atomic E-state index is -0.460. The van der Waals surface area contributed by atoms with Gasteiger partial charge in [0, 0.05) is 12.1 Å². The molecule has 0 bridgehead atoms. The van der Waals surface area contributed by atoms with Crippen molar-refractivity contribution in [2.45, 2.75) is 71.4 Å². The van der Waals surface area contributed by atoms with Crippen LogP contribution in [0.1, 0.15) is 60.3 Å². The zero-order chi connectivity index (χ0) is 12.4. The van der Waals surface area contributed by atoms with Gasteiger partial charge in [0.25, 0.3) is 0 Å². The molecule has 0 heterocycles. The molecule has 0 saturated heterocycles. The van der Waals surface area contributed by atoms with Crippen molar-refractivity contribution in [2.24, 2.45) is 11.8 Å². The summed E-state index contributed by atoms with van der Waals surface area (Å²) in [5, 5.41) is 13.9. The maximum atomic E-state index is 10.5. The molecule has 1 saturated carbocycles. The minimum absolute atomic E-state index is 0.102. The van der Waals surface area contributed by atoms with Crippen LogP contribution in [0.15, 0.2) is 0 Å². The average Bonchev–Trinajstić information content (AvgIpc) is 2.15. The van der Waals surface area contributed by atoms with Crippen LogP contribution in [0.2, 0.25) is 0 Å². The van der Waals surface area contributed by atoms with Gasteiger partial charge >= 0.3 is 0 Å². The van der Waals surface area contributed by atoms with Gasteiger partial charge in [-0.15, -0.1) is 0 Å². The van der Waals surface area contributed by atoms with Crippen LogP contribution in [0.25, 0.3) is 0 Å². The number of rotatable bonds is 3. The molecular weight excluding hydrogens is 198 g/mol. The quantitative estimate of drug-likeness (QED) is 0.777. The maximum Gasteiger partial charge on any atom is 0.0772 e. The molecule has 0 aromatic heterocycles. The fourth-order valence-electron chi connectivity index (χ4n) is 2.45. The molecule has 96 valence electrons. The fraction of sp³-hybridized carbons (Fsp3) is 1.00. The Morgan fingerprint density at radius 1 is 1.25 bits per heavy atom. The van der Waals surface area contributed by atoms with E-state index >= 15 is 0 Å². The smallest absolute Gasteiger partial charge is 0.0772 e. The molecule has 0 aromatic carbocycles. The summed E-state index contributed by atoms with van der Waals surface area (Å²) >= 11 is 0. The summed E-state index contributed by atoms with van der Waals surface area (Å²) in [6.45, 7) is 11.8. The predicted octanol–water partition coefficient (Wildman–Crippen LogP) is 2.95. The van der Waals surface area contributed by atoms with Crippen molar-refractivity contribution in [3.8, 4) is 0 Å². The van der Waals surface area contributed by atoms with E-state index in [1.165, 1.54) is 12.8 Å². The van der Waals surface area contributed by atoms with Gasteiger partial charge in [0.15, 0.2) is 0 Å². The number of aliphatic hydroxyl groups is 1. The molecule has 1 rings (SSSR count). The van der Waals surface area contributed by atoms with Gasteiger partial charge in [-0.2, -0.15) is 0 Å². The second-order valence-electron chi connectivity index (χ2n) is 6.91. The number of hydrogen-bond donors (Lipinski definition) is 2. The molecule has 0 aromatic rings. The van der Waals surface area contributed by atoms with Gasteiger partial charge < -0.3 is 10.4 Å². The average molecular weight is 227 g/mol. The van der Waals surface area contributed by atoms with Crippen LogP contribution in [0.5, 0.6) is 0 Å². The van der Waals surface area contributed by atoms with Gasteiger partial charge in [-0.3, -0.25) is 0 Å². The third-order valence-corrected chi connectivity index (χ3v) is 3.85. The van der Waals surface area contributed by atoms with Crippen molar-refractivity contribution in [1.82, 2.24) is 5.32 Å². The predicted molar refractivity (Wildman–Crippen MR) is 69.5 cm³/mol. The summed E-state index contributed by atoms with van der Waals surface area (Å²) < 4.78 is 0. The Morgan fingerprint density at radius 3 is 2.12 bits per heavy atom. The maximum absolute atomic E-state index is 10.5. The van der Waals surface area contributed by atoms with E-state index < -0.39 is 5.60 Å². The van der Waals surface area contributed by atoms with E-state index in [-0.39, 0.29) is 5.54 Å². The molecule has 0 spiro atoms. The SMILES string of the molecule is CC(C)C1CCC(O)(CNC(C)(C)C)CC1. The van der Waals surface area contributed by atoms with Crippen LogP contribution < -0.4 is 5.32 Å². The lowest BCUT2D eigenvalue weighted by Crippen LogP contribution is -2.49. The number of hydrogen-bond acceptors (Lipinski definition) is 2. The van der Waals surface area contributed by atoms with E-state index in [1.807, 2.05) is 0 Å². The molecule has 1 aliphatic carbocycles. The van der Waals surface area contributed by atoms with E-state index in [9.17, 15) is 5.11 Å². The lowest BCUT2D eigenvalue weighted by atomic mass is 9.74. The highest BCUT2D eigenvalue weighted by Gasteiger charge is 2.34. The van der Waals surface area contributed by atoms with E-state index in [0.29, 0.717) is 0 Å². The van der Waals surface area contributed by atoms with Gasteiger partial charge in [-0.1, -0.05) is 13.8 Å².